The molecule has 2 aromatic rings. The van der Waals surface area contributed by atoms with Crippen molar-refractivity contribution in [2.24, 2.45) is 0 Å². The topological polar surface area (TPSA) is 105 Å². The summed E-state index contributed by atoms with van der Waals surface area (Å²) < 4.78 is 4.94. The van der Waals surface area contributed by atoms with Gasteiger partial charge in [-0.1, -0.05) is 0 Å². The highest BCUT2D eigenvalue weighted by Gasteiger charge is 2.20. The Morgan fingerprint density at radius 1 is 1.07 bits per heavy atom. The molecule has 9 nitrogen and oxygen atoms in total. The predicted octanol–water partition coefficient (Wildman–Crippen LogP) is 1.57. The van der Waals surface area contributed by atoms with E-state index in [0.29, 0.717) is 49.9 Å². The summed E-state index contributed by atoms with van der Waals surface area (Å²) in [6.07, 6.45) is 1.35. The van der Waals surface area contributed by atoms with Gasteiger partial charge in [-0.05, 0) is 31.2 Å². The Balaban J connectivity index is 1.64. The largest absolute Gasteiger partial charge is 0.462 e. The Morgan fingerprint density at radius 3 is 2.38 bits per heavy atom. The Kier molecular flexibility index (Phi) is 6.38. The van der Waals surface area contributed by atoms with Crippen LogP contribution in [0.4, 0.5) is 11.5 Å². The number of nitrogens with zero attached hydrogens (tertiary/aromatic N) is 4. The van der Waals surface area contributed by atoms with Crippen LogP contribution in [0.2, 0.25) is 0 Å². The fraction of sp³-hybridized carbons (Fsp3) is 0.350. The number of piperazine rings is 1. The van der Waals surface area contributed by atoms with E-state index in [1.165, 1.54) is 6.33 Å². The lowest BCUT2D eigenvalue weighted by Gasteiger charge is -2.34. The molecule has 0 bridgehead atoms. The van der Waals surface area contributed by atoms with Gasteiger partial charge in [0, 0.05) is 44.9 Å². The second-order valence-electron chi connectivity index (χ2n) is 6.51. The molecule has 2 heterocycles. The predicted molar refractivity (Wildman–Crippen MR) is 107 cm³/mol. The molecule has 0 aliphatic carbocycles. The van der Waals surface area contributed by atoms with Crippen molar-refractivity contribution in [1.82, 2.24) is 14.9 Å². The number of carbonyl (C=O) groups is 3. The highest BCUT2D eigenvalue weighted by Crippen LogP contribution is 2.16. The summed E-state index contributed by atoms with van der Waals surface area (Å²) in [5.41, 5.74) is 1.19. The number of nitrogens with one attached hydrogen (secondary N) is 1. The molecule has 3 rings (SSSR count). The maximum Gasteiger partial charge on any atom is 0.338 e. The summed E-state index contributed by atoms with van der Waals surface area (Å²) in [6, 6.07) is 8.08. The second-order valence-corrected chi connectivity index (χ2v) is 6.51. The number of rotatable bonds is 5. The van der Waals surface area contributed by atoms with Gasteiger partial charge in [0.25, 0.3) is 5.91 Å². The van der Waals surface area contributed by atoms with Crippen molar-refractivity contribution in [3.05, 3.63) is 47.9 Å². The van der Waals surface area contributed by atoms with Gasteiger partial charge in [0.2, 0.25) is 5.91 Å². The number of anilines is 2. The molecule has 1 aromatic carbocycles. The number of benzene rings is 1. The van der Waals surface area contributed by atoms with Crippen LogP contribution in [0.25, 0.3) is 0 Å². The standard InChI is InChI=1S/C20H23N5O4/c1-3-29-20(28)15-4-6-16(7-5-15)23-19(27)17-12-18(22-13-21-17)25-10-8-24(9-11-25)14(2)26/h4-7,12-13H,3,8-11H2,1-2H3,(H,23,27). The second kappa shape index (κ2) is 9.13. The highest BCUT2D eigenvalue weighted by molar-refractivity contribution is 6.03. The van der Waals surface area contributed by atoms with Gasteiger partial charge in [0.1, 0.15) is 17.8 Å². The van der Waals surface area contributed by atoms with E-state index in [9.17, 15) is 14.4 Å². The minimum absolute atomic E-state index is 0.0568. The van der Waals surface area contributed by atoms with Crippen molar-refractivity contribution >= 4 is 29.3 Å². The third-order valence-electron chi connectivity index (χ3n) is 4.59. The van der Waals surface area contributed by atoms with E-state index in [2.05, 4.69) is 15.3 Å². The minimum atomic E-state index is -0.407. The van der Waals surface area contributed by atoms with Crippen LogP contribution in [0.1, 0.15) is 34.7 Å². The zero-order valence-corrected chi connectivity index (χ0v) is 16.4. The molecule has 9 heteroatoms. The monoisotopic (exact) mass is 397 g/mol. The number of esters is 1. The van der Waals surface area contributed by atoms with Crippen molar-refractivity contribution in [2.45, 2.75) is 13.8 Å². The van der Waals surface area contributed by atoms with Gasteiger partial charge >= 0.3 is 5.97 Å². The zero-order valence-electron chi connectivity index (χ0n) is 16.4. The van der Waals surface area contributed by atoms with Crippen LogP contribution >= 0.6 is 0 Å². The van der Waals surface area contributed by atoms with Crippen LogP contribution in [-0.2, 0) is 9.53 Å². The maximum absolute atomic E-state index is 12.5. The normalized spacial score (nSPS) is 13.7. The van der Waals surface area contributed by atoms with E-state index in [4.69, 9.17) is 4.74 Å². The van der Waals surface area contributed by atoms with E-state index in [1.807, 2.05) is 4.90 Å². The quantitative estimate of drug-likeness (QED) is 0.764. The smallest absolute Gasteiger partial charge is 0.338 e. The Morgan fingerprint density at radius 2 is 1.76 bits per heavy atom. The molecule has 0 atom stereocenters. The summed E-state index contributed by atoms with van der Waals surface area (Å²) in [5, 5.41) is 2.76. The van der Waals surface area contributed by atoms with Crippen molar-refractivity contribution < 1.29 is 19.1 Å². The molecule has 1 aromatic heterocycles. The number of hydrogen-bond donors (Lipinski definition) is 1. The van der Waals surface area contributed by atoms with E-state index < -0.39 is 5.97 Å². The van der Waals surface area contributed by atoms with Crippen LogP contribution in [0, 0.1) is 0 Å². The van der Waals surface area contributed by atoms with Gasteiger partial charge in [-0.2, -0.15) is 0 Å². The molecule has 0 saturated carbocycles. The number of carbonyl (C=O) groups excluding carboxylic acids is 3. The number of hydrogen-bond acceptors (Lipinski definition) is 7. The lowest BCUT2D eigenvalue weighted by atomic mass is 10.2. The van der Waals surface area contributed by atoms with Crippen LogP contribution in [0.15, 0.2) is 36.7 Å². The molecular weight excluding hydrogens is 374 g/mol. The average Bonchev–Trinajstić information content (AvgIpc) is 2.74. The van der Waals surface area contributed by atoms with E-state index >= 15 is 0 Å². The lowest BCUT2D eigenvalue weighted by Crippen LogP contribution is -2.48. The third kappa shape index (κ3) is 5.07. The maximum atomic E-state index is 12.5. The molecule has 0 unspecified atom stereocenters. The molecule has 1 aliphatic heterocycles. The molecule has 0 spiro atoms. The molecular formula is C20H23N5O4. The summed E-state index contributed by atoms with van der Waals surface area (Å²) in [4.78, 5) is 47.8. The molecule has 1 aliphatic rings. The molecule has 1 saturated heterocycles. The van der Waals surface area contributed by atoms with E-state index in [0.717, 1.165) is 0 Å². The van der Waals surface area contributed by atoms with Gasteiger partial charge < -0.3 is 19.9 Å². The summed E-state index contributed by atoms with van der Waals surface area (Å²) in [7, 11) is 0. The summed E-state index contributed by atoms with van der Waals surface area (Å²) in [6.45, 7) is 6.13. The van der Waals surface area contributed by atoms with Crippen molar-refractivity contribution in [2.75, 3.05) is 43.0 Å². The average molecular weight is 397 g/mol. The van der Waals surface area contributed by atoms with E-state index in [1.54, 1.807) is 49.1 Å². The Bertz CT molecular complexity index is 892. The molecule has 1 N–H and O–H groups in total. The number of ether oxygens (including phenoxy) is 1. The van der Waals surface area contributed by atoms with Gasteiger partial charge in [-0.3, -0.25) is 9.59 Å². The molecule has 29 heavy (non-hydrogen) atoms. The first-order valence-corrected chi connectivity index (χ1v) is 9.39. The number of aromatic nitrogens is 2. The molecule has 2 amide bonds. The van der Waals surface area contributed by atoms with Gasteiger partial charge in [-0.25, -0.2) is 14.8 Å². The third-order valence-corrected chi connectivity index (χ3v) is 4.59. The SMILES string of the molecule is CCOC(=O)c1ccc(NC(=O)c2cc(N3CCN(C(C)=O)CC3)ncn2)cc1. The fourth-order valence-corrected chi connectivity index (χ4v) is 2.99. The van der Waals surface area contributed by atoms with Crippen LogP contribution in [0.3, 0.4) is 0 Å². The van der Waals surface area contributed by atoms with E-state index in [-0.39, 0.29) is 17.5 Å². The van der Waals surface area contributed by atoms with Crippen molar-refractivity contribution in [3.8, 4) is 0 Å². The van der Waals surface area contributed by atoms with Crippen LogP contribution in [-0.4, -0.2) is 65.4 Å². The first kappa shape index (κ1) is 20.2. The lowest BCUT2D eigenvalue weighted by molar-refractivity contribution is -0.129. The first-order chi connectivity index (χ1) is 14.0. The summed E-state index contributed by atoms with van der Waals surface area (Å²) in [5.74, 6) is -0.0806. The Hall–Kier alpha value is -3.49. The zero-order chi connectivity index (χ0) is 20.8. The van der Waals surface area contributed by atoms with Crippen molar-refractivity contribution in [1.29, 1.82) is 0 Å². The van der Waals surface area contributed by atoms with Crippen molar-refractivity contribution in [3.63, 3.8) is 0 Å². The molecule has 0 radical (unpaired) electrons. The van der Waals surface area contributed by atoms with Crippen LogP contribution < -0.4 is 10.2 Å². The molecule has 1 fully saturated rings. The number of amides is 2. The minimum Gasteiger partial charge on any atom is -0.462 e. The van der Waals surface area contributed by atoms with Gasteiger partial charge in [0.05, 0.1) is 12.2 Å². The summed E-state index contributed by atoms with van der Waals surface area (Å²) >= 11 is 0. The highest BCUT2D eigenvalue weighted by atomic mass is 16.5. The fourth-order valence-electron chi connectivity index (χ4n) is 2.99. The molecule has 152 valence electrons. The van der Waals surface area contributed by atoms with Gasteiger partial charge in [-0.15, -0.1) is 0 Å². The Labute approximate surface area is 168 Å². The van der Waals surface area contributed by atoms with Gasteiger partial charge in [0.15, 0.2) is 0 Å². The first-order valence-electron chi connectivity index (χ1n) is 9.39. The van der Waals surface area contributed by atoms with Crippen LogP contribution in [0.5, 0.6) is 0 Å².